The molecule has 0 saturated heterocycles. The number of anilines is 1. The molecule has 0 aliphatic rings. The Balaban J connectivity index is 1.96. The van der Waals surface area contributed by atoms with Gasteiger partial charge in [0.25, 0.3) is 0 Å². The second kappa shape index (κ2) is 8.17. The van der Waals surface area contributed by atoms with Crippen molar-refractivity contribution in [2.75, 3.05) is 5.32 Å². The van der Waals surface area contributed by atoms with Crippen molar-refractivity contribution in [1.82, 2.24) is 5.32 Å². The van der Waals surface area contributed by atoms with Crippen LogP contribution in [-0.2, 0) is 16.1 Å². The highest BCUT2D eigenvalue weighted by Gasteiger charge is 2.35. The number of nitrogens with one attached hydrogen (secondary N) is 2. The second-order valence-corrected chi connectivity index (χ2v) is 7.52. The van der Waals surface area contributed by atoms with Gasteiger partial charge in [-0.3, -0.25) is 9.59 Å². The van der Waals surface area contributed by atoms with E-state index < -0.39 is 5.41 Å². The van der Waals surface area contributed by atoms with Crippen molar-refractivity contribution in [2.45, 2.75) is 47.1 Å². The maximum atomic E-state index is 12.6. The third-order valence-electron chi connectivity index (χ3n) is 4.54. The average Bonchev–Trinajstić information content (AvgIpc) is 2.61. The molecule has 26 heavy (non-hydrogen) atoms. The van der Waals surface area contributed by atoms with E-state index in [1.54, 1.807) is 13.8 Å². The van der Waals surface area contributed by atoms with Crippen molar-refractivity contribution in [3.63, 3.8) is 0 Å². The Hall–Kier alpha value is -2.62. The summed E-state index contributed by atoms with van der Waals surface area (Å²) in [5.74, 6) is -0.186. The Labute approximate surface area is 156 Å². The molecule has 0 fully saturated rings. The molecule has 4 heteroatoms. The maximum Gasteiger partial charge on any atom is 0.239 e. The monoisotopic (exact) mass is 352 g/mol. The first kappa shape index (κ1) is 19.7. The zero-order chi connectivity index (χ0) is 19.3. The molecule has 0 aromatic heterocycles. The fraction of sp³-hybridized carbons (Fsp3) is 0.364. The van der Waals surface area contributed by atoms with E-state index in [0.29, 0.717) is 18.2 Å². The molecule has 2 N–H and O–H groups in total. The largest absolute Gasteiger partial charge is 0.351 e. The minimum absolute atomic E-state index is 0.297. The Morgan fingerprint density at radius 2 is 1.50 bits per heavy atom. The number of aryl methyl sites for hydroxylation is 1. The molecule has 4 nitrogen and oxygen atoms in total. The Morgan fingerprint density at radius 3 is 2.04 bits per heavy atom. The van der Waals surface area contributed by atoms with E-state index in [-0.39, 0.29) is 11.8 Å². The molecule has 2 amide bonds. The van der Waals surface area contributed by atoms with Gasteiger partial charge in [0.2, 0.25) is 11.8 Å². The number of hydrogen-bond acceptors (Lipinski definition) is 2. The van der Waals surface area contributed by atoms with E-state index in [9.17, 15) is 9.59 Å². The summed E-state index contributed by atoms with van der Waals surface area (Å²) in [5.41, 5.74) is 2.91. The van der Waals surface area contributed by atoms with Gasteiger partial charge in [-0.2, -0.15) is 0 Å². The SMILES string of the molecule is Cc1ccc(CNC(=O)C(C)(C)C(=O)Nc2ccc(C(C)C)cc2)cc1. The summed E-state index contributed by atoms with van der Waals surface area (Å²) in [6.45, 7) is 9.93. The fourth-order valence-electron chi connectivity index (χ4n) is 2.45. The van der Waals surface area contributed by atoms with E-state index >= 15 is 0 Å². The van der Waals surface area contributed by atoms with E-state index in [1.807, 2.05) is 55.5 Å². The van der Waals surface area contributed by atoms with Crippen molar-refractivity contribution >= 4 is 17.5 Å². The lowest BCUT2D eigenvalue weighted by Crippen LogP contribution is -2.44. The van der Waals surface area contributed by atoms with Crippen LogP contribution >= 0.6 is 0 Å². The molecule has 2 rings (SSSR count). The normalized spacial score (nSPS) is 11.3. The van der Waals surface area contributed by atoms with Crippen LogP contribution < -0.4 is 10.6 Å². The van der Waals surface area contributed by atoms with Crippen LogP contribution in [0.15, 0.2) is 48.5 Å². The molecule has 0 atom stereocenters. The van der Waals surface area contributed by atoms with E-state index in [0.717, 1.165) is 5.56 Å². The molecule has 2 aromatic carbocycles. The van der Waals surface area contributed by atoms with Crippen LogP contribution in [-0.4, -0.2) is 11.8 Å². The zero-order valence-corrected chi connectivity index (χ0v) is 16.2. The number of carbonyl (C=O) groups excluding carboxylic acids is 2. The highest BCUT2D eigenvalue weighted by atomic mass is 16.2. The lowest BCUT2D eigenvalue weighted by atomic mass is 9.90. The van der Waals surface area contributed by atoms with Crippen LogP contribution in [0.4, 0.5) is 5.69 Å². The van der Waals surface area contributed by atoms with Gasteiger partial charge in [-0.1, -0.05) is 55.8 Å². The van der Waals surface area contributed by atoms with E-state index in [4.69, 9.17) is 0 Å². The summed E-state index contributed by atoms with van der Waals surface area (Å²) in [6, 6.07) is 15.7. The summed E-state index contributed by atoms with van der Waals surface area (Å²) in [4.78, 5) is 25.1. The lowest BCUT2D eigenvalue weighted by molar-refractivity contribution is -0.138. The first-order valence-corrected chi connectivity index (χ1v) is 8.95. The van der Waals surface area contributed by atoms with Gasteiger partial charge < -0.3 is 10.6 Å². The van der Waals surface area contributed by atoms with Crippen molar-refractivity contribution < 1.29 is 9.59 Å². The second-order valence-electron chi connectivity index (χ2n) is 7.52. The topological polar surface area (TPSA) is 58.2 Å². The van der Waals surface area contributed by atoms with Crippen LogP contribution in [0.5, 0.6) is 0 Å². The summed E-state index contributed by atoms with van der Waals surface area (Å²) in [5, 5.41) is 5.68. The number of carbonyl (C=O) groups is 2. The smallest absolute Gasteiger partial charge is 0.239 e. The predicted molar refractivity (Wildman–Crippen MR) is 106 cm³/mol. The van der Waals surface area contributed by atoms with Crippen LogP contribution in [0.25, 0.3) is 0 Å². The van der Waals surface area contributed by atoms with Gasteiger partial charge in [-0.05, 0) is 49.9 Å². The maximum absolute atomic E-state index is 12.6. The third kappa shape index (κ3) is 4.94. The molecule has 2 aromatic rings. The summed E-state index contributed by atoms with van der Waals surface area (Å²) >= 11 is 0. The van der Waals surface area contributed by atoms with E-state index in [1.165, 1.54) is 11.1 Å². The van der Waals surface area contributed by atoms with Crippen LogP contribution in [0.1, 0.15) is 50.3 Å². The van der Waals surface area contributed by atoms with Crippen molar-refractivity contribution in [2.24, 2.45) is 5.41 Å². The first-order valence-electron chi connectivity index (χ1n) is 8.95. The molecule has 0 radical (unpaired) electrons. The Morgan fingerprint density at radius 1 is 0.923 bits per heavy atom. The highest BCUT2D eigenvalue weighted by molar-refractivity contribution is 6.09. The van der Waals surface area contributed by atoms with Crippen LogP contribution in [0.3, 0.4) is 0 Å². The molecule has 0 spiro atoms. The minimum Gasteiger partial charge on any atom is -0.351 e. The third-order valence-corrected chi connectivity index (χ3v) is 4.54. The zero-order valence-electron chi connectivity index (χ0n) is 16.2. The summed E-state index contributed by atoms with van der Waals surface area (Å²) in [6.07, 6.45) is 0. The average molecular weight is 352 g/mol. The molecule has 0 unspecified atom stereocenters. The minimum atomic E-state index is -1.17. The van der Waals surface area contributed by atoms with Gasteiger partial charge in [0, 0.05) is 12.2 Å². The van der Waals surface area contributed by atoms with Gasteiger partial charge in [0.05, 0.1) is 0 Å². The molecule has 0 heterocycles. The fourth-order valence-corrected chi connectivity index (χ4v) is 2.45. The molecule has 138 valence electrons. The van der Waals surface area contributed by atoms with Crippen LogP contribution in [0.2, 0.25) is 0 Å². The van der Waals surface area contributed by atoms with Gasteiger partial charge in [0.1, 0.15) is 5.41 Å². The van der Waals surface area contributed by atoms with Crippen molar-refractivity contribution in [3.8, 4) is 0 Å². The van der Waals surface area contributed by atoms with Crippen LogP contribution in [0, 0.1) is 12.3 Å². The molecule has 0 aliphatic carbocycles. The number of amides is 2. The van der Waals surface area contributed by atoms with Gasteiger partial charge in [-0.15, -0.1) is 0 Å². The molecule has 0 bridgehead atoms. The summed E-state index contributed by atoms with van der Waals surface area (Å²) in [7, 11) is 0. The number of benzene rings is 2. The Kier molecular flexibility index (Phi) is 6.19. The van der Waals surface area contributed by atoms with Gasteiger partial charge >= 0.3 is 0 Å². The first-order chi connectivity index (χ1) is 12.2. The van der Waals surface area contributed by atoms with E-state index in [2.05, 4.69) is 24.5 Å². The Bertz CT molecular complexity index is 760. The van der Waals surface area contributed by atoms with Gasteiger partial charge in [-0.25, -0.2) is 0 Å². The van der Waals surface area contributed by atoms with Gasteiger partial charge in [0.15, 0.2) is 0 Å². The molecule has 0 aliphatic heterocycles. The standard InChI is InChI=1S/C22H28N2O2/c1-15(2)18-10-12-19(13-11-18)24-21(26)22(4,5)20(25)23-14-17-8-6-16(3)7-9-17/h6-13,15H,14H2,1-5H3,(H,23,25)(H,24,26). The predicted octanol–water partition coefficient (Wildman–Crippen LogP) is 4.40. The molecule has 0 saturated carbocycles. The number of hydrogen-bond donors (Lipinski definition) is 2. The lowest BCUT2D eigenvalue weighted by Gasteiger charge is -2.23. The molecular formula is C22H28N2O2. The quantitative estimate of drug-likeness (QED) is 0.757. The highest BCUT2D eigenvalue weighted by Crippen LogP contribution is 2.21. The van der Waals surface area contributed by atoms with Crippen molar-refractivity contribution in [1.29, 1.82) is 0 Å². The molecular weight excluding hydrogens is 324 g/mol. The van der Waals surface area contributed by atoms with Crippen molar-refractivity contribution in [3.05, 3.63) is 65.2 Å². The summed E-state index contributed by atoms with van der Waals surface area (Å²) < 4.78 is 0. The number of rotatable bonds is 6.